The molecule has 2 N–H and O–H groups in total. The topological polar surface area (TPSA) is 67.4 Å². The van der Waals surface area contributed by atoms with Crippen LogP contribution in [0, 0.1) is 0 Å². The number of nitrogens with one attached hydrogen (secondary N) is 2. The molecular formula is C16H19ClN2O3. The third-order valence-corrected chi connectivity index (χ3v) is 3.68. The predicted molar refractivity (Wildman–Crippen MR) is 84.4 cm³/mol. The summed E-state index contributed by atoms with van der Waals surface area (Å²) in [7, 11) is 0. The van der Waals surface area contributed by atoms with Crippen molar-refractivity contribution in [2.75, 3.05) is 6.61 Å². The average Bonchev–Trinajstić information content (AvgIpc) is 2.47. The monoisotopic (exact) mass is 322 g/mol. The molecule has 0 spiro atoms. The van der Waals surface area contributed by atoms with Crippen molar-refractivity contribution in [2.24, 2.45) is 0 Å². The standard InChI is InChI=1S/C16H19ClN2O3/c1-3-4-9-22-15(20)13-10(2)18-16(21)19-14(13)11-5-7-12(17)8-6-11/h5-8,14H,3-4,9H2,1-2H3,(H2,18,19,21). The number of hydrogen-bond donors (Lipinski definition) is 2. The van der Waals surface area contributed by atoms with Crippen LogP contribution in [0.1, 0.15) is 38.3 Å². The number of unbranched alkanes of at least 4 members (excludes halogenated alkanes) is 1. The molecule has 0 aromatic heterocycles. The molecule has 0 bridgehead atoms. The fraction of sp³-hybridized carbons (Fsp3) is 0.375. The van der Waals surface area contributed by atoms with Crippen LogP contribution in [0.25, 0.3) is 0 Å². The van der Waals surface area contributed by atoms with Crippen molar-refractivity contribution >= 4 is 23.6 Å². The summed E-state index contributed by atoms with van der Waals surface area (Å²) in [4.78, 5) is 24.1. The van der Waals surface area contributed by atoms with Gasteiger partial charge in [0.1, 0.15) is 0 Å². The molecule has 1 unspecified atom stereocenters. The Morgan fingerprint density at radius 2 is 2.00 bits per heavy atom. The summed E-state index contributed by atoms with van der Waals surface area (Å²) in [6.45, 7) is 4.09. The quantitative estimate of drug-likeness (QED) is 0.645. The van der Waals surface area contributed by atoms with E-state index < -0.39 is 12.0 Å². The van der Waals surface area contributed by atoms with Crippen LogP contribution >= 0.6 is 11.6 Å². The number of benzene rings is 1. The molecule has 118 valence electrons. The van der Waals surface area contributed by atoms with Crippen LogP contribution in [-0.2, 0) is 9.53 Å². The van der Waals surface area contributed by atoms with Crippen molar-refractivity contribution in [1.82, 2.24) is 10.6 Å². The van der Waals surface area contributed by atoms with E-state index in [-0.39, 0.29) is 6.03 Å². The van der Waals surface area contributed by atoms with E-state index in [9.17, 15) is 9.59 Å². The van der Waals surface area contributed by atoms with E-state index >= 15 is 0 Å². The van der Waals surface area contributed by atoms with Crippen molar-refractivity contribution in [1.29, 1.82) is 0 Å². The van der Waals surface area contributed by atoms with E-state index in [1.54, 1.807) is 31.2 Å². The molecule has 0 saturated heterocycles. The van der Waals surface area contributed by atoms with Gasteiger partial charge in [-0.1, -0.05) is 37.1 Å². The zero-order valence-corrected chi connectivity index (χ0v) is 13.4. The maximum Gasteiger partial charge on any atom is 0.338 e. The molecule has 0 saturated carbocycles. The van der Waals surface area contributed by atoms with E-state index in [2.05, 4.69) is 10.6 Å². The Hall–Kier alpha value is -2.01. The number of halogens is 1. The molecule has 22 heavy (non-hydrogen) atoms. The molecule has 1 aromatic rings. The van der Waals surface area contributed by atoms with Crippen molar-refractivity contribution in [2.45, 2.75) is 32.7 Å². The van der Waals surface area contributed by atoms with Gasteiger partial charge in [0, 0.05) is 10.7 Å². The summed E-state index contributed by atoms with van der Waals surface area (Å²) in [5, 5.41) is 5.96. The van der Waals surface area contributed by atoms with Crippen LogP contribution in [-0.4, -0.2) is 18.6 Å². The van der Waals surface area contributed by atoms with Gasteiger partial charge < -0.3 is 15.4 Å². The maximum absolute atomic E-state index is 12.3. The first kappa shape index (κ1) is 16.4. The van der Waals surface area contributed by atoms with E-state index in [4.69, 9.17) is 16.3 Å². The number of rotatable bonds is 5. The minimum atomic E-state index is -0.542. The summed E-state index contributed by atoms with van der Waals surface area (Å²) >= 11 is 5.89. The first-order valence-corrected chi connectivity index (χ1v) is 7.61. The third-order valence-electron chi connectivity index (χ3n) is 3.42. The molecule has 2 amide bonds. The summed E-state index contributed by atoms with van der Waals surface area (Å²) in [6, 6.07) is 6.12. The summed E-state index contributed by atoms with van der Waals surface area (Å²) in [6.07, 6.45) is 1.75. The van der Waals surface area contributed by atoms with Crippen molar-refractivity contribution in [3.05, 3.63) is 46.1 Å². The van der Waals surface area contributed by atoms with E-state index in [1.165, 1.54) is 0 Å². The molecule has 1 heterocycles. The van der Waals surface area contributed by atoms with E-state index in [0.29, 0.717) is 22.9 Å². The van der Waals surface area contributed by atoms with Gasteiger partial charge in [-0.2, -0.15) is 0 Å². The van der Waals surface area contributed by atoms with Crippen molar-refractivity contribution in [3.8, 4) is 0 Å². The molecule has 0 fully saturated rings. The minimum absolute atomic E-state index is 0.345. The van der Waals surface area contributed by atoms with Gasteiger partial charge in [0.15, 0.2) is 0 Å². The lowest BCUT2D eigenvalue weighted by molar-refractivity contribution is -0.139. The number of carbonyl (C=O) groups excluding carboxylic acids is 2. The number of allylic oxidation sites excluding steroid dienone is 1. The lowest BCUT2D eigenvalue weighted by atomic mass is 9.96. The number of hydrogen-bond acceptors (Lipinski definition) is 3. The second kappa shape index (κ2) is 7.31. The summed E-state index contributed by atoms with van der Waals surface area (Å²) in [5.74, 6) is -0.418. The highest BCUT2D eigenvalue weighted by Crippen LogP contribution is 2.28. The van der Waals surface area contributed by atoms with Gasteiger partial charge in [0.05, 0.1) is 18.2 Å². The molecule has 0 radical (unpaired) electrons. The Bertz CT molecular complexity index is 596. The molecular weight excluding hydrogens is 304 g/mol. The molecule has 1 aliphatic rings. The summed E-state index contributed by atoms with van der Waals surface area (Å²) in [5.41, 5.74) is 1.70. The molecule has 1 aromatic carbocycles. The van der Waals surface area contributed by atoms with Gasteiger partial charge in [-0.05, 0) is 31.0 Å². The van der Waals surface area contributed by atoms with Gasteiger partial charge in [-0.3, -0.25) is 0 Å². The van der Waals surface area contributed by atoms with E-state index in [0.717, 1.165) is 18.4 Å². The maximum atomic E-state index is 12.3. The molecule has 1 aliphatic heterocycles. The molecule has 6 heteroatoms. The van der Waals surface area contributed by atoms with Crippen LogP contribution in [0.15, 0.2) is 35.5 Å². The number of ether oxygens (including phenoxy) is 1. The van der Waals surface area contributed by atoms with Gasteiger partial charge in [0.25, 0.3) is 0 Å². The second-order valence-electron chi connectivity index (χ2n) is 5.11. The normalized spacial score (nSPS) is 17.8. The first-order chi connectivity index (χ1) is 10.5. The van der Waals surface area contributed by atoms with E-state index in [1.807, 2.05) is 6.92 Å². The van der Waals surface area contributed by atoms with Gasteiger partial charge in [-0.15, -0.1) is 0 Å². The van der Waals surface area contributed by atoms with Gasteiger partial charge in [0.2, 0.25) is 0 Å². The molecule has 2 rings (SSSR count). The SMILES string of the molecule is CCCCOC(=O)C1=C(C)NC(=O)NC1c1ccc(Cl)cc1. The number of esters is 1. The molecule has 5 nitrogen and oxygen atoms in total. The smallest absolute Gasteiger partial charge is 0.338 e. The Kier molecular flexibility index (Phi) is 5.44. The molecule has 0 aliphatic carbocycles. The number of urea groups is 1. The molecule has 1 atom stereocenters. The van der Waals surface area contributed by atoms with Crippen LogP contribution in [0.5, 0.6) is 0 Å². The van der Waals surface area contributed by atoms with Gasteiger partial charge >= 0.3 is 12.0 Å². The Balaban J connectivity index is 2.28. The predicted octanol–water partition coefficient (Wildman–Crippen LogP) is 3.31. The number of carbonyl (C=O) groups is 2. The lowest BCUT2D eigenvalue weighted by Gasteiger charge is -2.28. The van der Waals surface area contributed by atoms with Crippen molar-refractivity contribution < 1.29 is 14.3 Å². The van der Waals surface area contributed by atoms with Crippen LogP contribution in [0.3, 0.4) is 0 Å². The highest BCUT2D eigenvalue weighted by molar-refractivity contribution is 6.30. The average molecular weight is 323 g/mol. The van der Waals surface area contributed by atoms with Gasteiger partial charge in [-0.25, -0.2) is 9.59 Å². The zero-order chi connectivity index (χ0) is 16.1. The highest BCUT2D eigenvalue weighted by Gasteiger charge is 2.32. The Morgan fingerprint density at radius 3 is 2.64 bits per heavy atom. The second-order valence-corrected chi connectivity index (χ2v) is 5.55. The Morgan fingerprint density at radius 1 is 1.32 bits per heavy atom. The van der Waals surface area contributed by atoms with Crippen LogP contribution in [0.2, 0.25) is 5.02 Å². The summed E-state index contributed by atoms with van der Waals surface area (Å²) < 4.78 is 5.29. The van der Waals surface area contributed by atoms with Crippen LogP contribution in [0.4, 0.5) is 4.79 Å². The zero-order valence-electron chi connectivity index (χ0n) is 12.6. The number of amides is 2. The fourth-order valence-electron chi connectivity index (χ4n) is 2.26. The third kappa shape index (κ3) is 3.80. The Labute approximate surface area is 134 Å². The minimum Gasteiger partial charge on any atom is -0.462 e. The fourth-order valence-corrected chi connectivity index (χ4v) is 2.38. The van der Waals surface area contributed by atoms with Crippen molar-refractivity contribution in [3.63, 3.8) is 0 Å². The lowest BCUT2D eigenvalue weighted by Crippen LogP contribution is -2.45. The van der Waals surface area contributed by atoms with Crippen LogP contribution < -0.4 is 10.6 Å². The highest BCUT2D eigenvalue weighted by atomic mass is 35.5. The largest absolute Gasteiger partial charge is 0.462 e. The first-order valence-electron chi connectivity index (χ1n) is 7.23.